The van der Waals surface area contributed by atoms with Gasteiger partial charge in [0.15, 0.2) is 0 Å². The van der Waals surface area contributed by atoms with Crippen molar-refractivity contribution in [3.8, 4) is 0 Å². The Labute approximate surface area is 171 Å². The fourth-order valence-electron chi connectivity index (χ4n) is 3.67. The van der Waals surface area contributed by atoms with Gasteiger partial charge >= 0.3 is 0 Å². The molecule has 4 rings (SSSR count). The smallest absolute Gasteiger partial charge is 0.229 e. The number of halogens is 2. The van der Waals surface area contributed by atoms with Crippen LogP contribution in [0.5, 0.6) is 0 Å². The first kappa shape index (κ1) is 20.1. The molecule has 0 saturated heterocycles. The van der Waals surface area contributed by atoms with Crippen molar-refractivity contribution >= 4 is 29.9 Å². The van der Waals surface area contributed by atoms with Gasteiger partial charge in [-0.2, -0.15) is 4.98 Å². The zero-order valence-corrected chi connectivity index (χ0v) is 17.1. The van der Waals surface area contributed by atoms with Crippen molar-refractivity contribution in [2.24, 2.45) is 0 Å². The summed E-state index contributed by atoms with van der Waals surface area (Å²) in [5, 5.41) is 3.29. The highest BCUT2D eigenvalue weighted by Crippen LogP contribution is 2.35. The van der Waals surface area contributed by atoms with E-state index in [1.54, 1.807) is 12.1 Å². The highest BCUT2D eigenvalue weighted by atomic mass is 35.5. The van der Waals surface area contributed by atoms with Gasteiger partial charge in [-0.3, -0.25) is 0 Å². The van der Waals surface area contributed by atoms with E-state index in [1.165, 1.54) is 5.56 Å². The molecule has 0 amide bonds. The minimum absolute atomic E-state index is 0. The second kappa shape index (κ2) is 8.15. The Kier molecular flexibility index (Phi) is 5.84. The summed E-state index contributed by atoms with van der Waals surface area (Å²) in [5.41, 5.74) is 5.20. The largest absolute Gasteiger partial charge is 0.349 e. The lowest BCUT2D eigenvalue weighted by Gasteiger charge is -2.37. The summed E-state index contributed by atoms with van der Waals surface area (Å²) in [5.74, 6) is 1.30. The third kappa shape index (κ3) is 3.80. The molecular formula is C22H24ClFN4. The normalized spacial score (nSPS) is 15.6. The van der Waals surface area contributed by atoms with Gasteiger partial charge in [0.1, 0.15) is 11.6 Å². The van der Waals surface area contributed by atoms with Crippen LogP contribution in [-0.2, 0) is 6.42 Å². The van der Waals surface area contributed by atoms with E-state index in [0.717, 1.165) is 41.3 Å². The molecule has 4 nitrogen and oxygen atoms in total. The van der Waals surface area contributed by atoms with Crippen molar-refractivity contribution in [1.82, 2.24) is 9.97 Å². The zero-order valence-electron chi connectivity index (χ0n) is 16.2. The van der Waals surface area contributed by atoms with Gasteiger partial charge in [0.05, 0.1) is 6.04 Å². The molecule has 6 heteroatoms. The number of rotatable bonds is 3. The average molecular weight is 399 g/mol. The lowest BCUT2D eigenvalue weighted by molar-refractivity contribution is 0.589. The van der Waals surface area contributed by atoms with E-state index in [0.29, 0.717) is 5.95 Å². The summed E-state index contributed by atoms with van der Waals surface area (Å²) in [7, 11) is 0. The molecule has 0 fully saturated rings. The zero-order chi connectivity index (χ0) is 19.0. The number of anilines is 3. The molecule has 1 aromatic heterocycles. The van der Waals surface area contributed by atoms with E-state index in [-0.39, 0.29) is 24.3 Å². The maximum absolute atomic E-state index is 13.8. The average Bonchev–Trinajstić information content (AvgIpc) is 2.66. The van der Waals surface area contributed by atoms with Gasteiger partial charge in [-0.05, 0) is 62.6 Å². The van der Waals surface area contributed by atoms with Gasteiger partial charge < -0.3 is 10.2 Å². The second-order valence-corrected chi connectivity index (χ2v) is 7.03. The first-order valence-corrected chi connectivity index (χ1v) is 9.25. The van der Waals surface area contributed by atoms with Crippen molar-refractivity contribution in [3.63, 3.8) is 0 Å². The number of nitrogens with zero attached hydrogens (tertiary/aromatic N) is 3. The molecule has 0 radical (unpaired) electrons. The Hall–Kier alpha value is -2.66. The molecule has 1 aliphatic heterocycles. The Morgan fingerprint density at radius 2 is 1.82 bits per heavy atom. The molecule has 28 heavy (non-hydrogen) atoms. The van der Waals surface area contributed by atoms with E-state index < -0.39 is 0 Å². The van der Waals surface area contributed by atoms with Gasteiger partial charge in [0.25, 0.3) is 0 Å². The van der Waals surface area contributed by atoms with E-state index in [1.807, 2.05) is 50.2 Å². The van der Waals surface area contributed by atoms with Crippen LogP contribution in [0.15, 0.2) is 48.5 Å². The van der Waals surface area contributed by atoms with Gasteiger partial charge in [-0.15, -0.1) is 12.4 Å². The first-order valence-electron chi connectivity index (χ1n) is 9.25. The van der Waals surface area contributed by atoms with Crippen LogP contribution >= 0.6 is 12.4 Å². The number of benzene rings is 2. The number of para-hydroxylation sites is 1. The van der Waals surface area contributed by atoms with Crippen LogP contribution < -0.4 is 10.2 Å². The standard InChI is InChI=1S/C22H23FN4.ClH/c1-14-15(2)24-22(25-19-7-5-4-6-8-19)26-21(14)27-12-11-17-9-10-18(23)13-20(17)16(27)3;/h4-10,13,16H,11-12H2,1-3H3,(H,24,25,26);1H. The topological polar surface area (TPSA) is 41.1 Å². The lowest BCUT2D eigenvalue weighted by atomic mass is 9.93. The van der Waals surface area contributed by atoms with Crippen molar-refractivity contribution < 1.29 is 4.39 Å². The summed E-state index contributed by atoms with van der Waals surface area (Å²) >= 11 is 0. The summed E-state index contributed by atoms with van der Waals surface area (Å²) < 4.78 is 13.8. The van der Waals surface area contributed by atoms with E-state index >= 15 is 0 Å². The SMILES string of the molecule is Cc1nc(Nc2ccccc2)nc(N2CCc3ccc(F)cc3C2C)c1C.Cl. The van der Waals surface area contributed by atoms with E-state index in [2.05, 4.69) is 22.1 Å². The van der Waals surface area contributed by atoms with Crippen LogP contribution in [0, 0.1) is 19.7 Å². The molecule has 1 atom stereocenters. The number of aromatic nitrogens is 2. The van der Waals surface area contributed by atoms with Gasteiger partial charge in [0, 0.05) is 23.5 Å². The number of hydrogen-bond donors (Lipinski definition) is 1. The molecule has 0 spiro atoms. The molecule has 1 N–H and O–H groups in total. The molecule has 2 aromatic carbocycles. The Morgan fingerprint density at radius 3 is 2.57 bits per heavy atom. The number of nitrogens with one attached hydrogen (secondary N) is 1. The van der Waals surface area contributed by atoms with E-state index in [4.69, 9.17) is 4.98 Å². The van der Waals surface area contributed by atoms with Crippen LogP contribution in [0.1, 0.15) is 35.3 Å². The molecule has 0 aliphatic carbocycles. The van der Waals surface area contributed by atoms with Crippen molar-refractivity contribution in [2.45, 2.75) is 33.2 Å². The van der Waals surface area contributed by atoms with Crippen molar-refractivity contribution in [2.75, 3.05) is 16.8 Å². The highest BCUT2D eigenvalue weighted by molar-refractivity contribution is 5.85. The van der Waals surface area contributed by atoms with E-state index in [9.17, 15) is 4.39 Å². The minimum atomic E-state index is -0.190. The summed E-state index contributed by atoms with van der Waals surface area (Å²) in [4.78, 5) is 11.7. The minimum Gasteiger partial charge on any atom is -0.349 e. The molecule has 0 bridgehead atoms. The number of fused-ring (bicyclic) bond motifs is 1. The van der Waals surface area contributed by atoms with Crippen LogP contribution in [0.4, 0.5) is 21.8 Å². The predicted octanol–water partition coefficient (Wildman–Crippen LogP) is 5.52. The van der Waals surface area contributed by atoms with Crippen molar-refractivity contribution in [3.05, 3.63) is 76.7 Å². The van der Waals surface area contributed by atoms with Crippen LogP contribution in [0.3, 0.4) is 0 Å². The quantitative estimate of drug-likeness (QED) is 0.630. The Bertz CT molecular complexity index is 978. The number of aryl methyl sites for hydroxylation is 1. The third-order valence-electron chi connectivity index (χ3n) is 5.31. The molecule has 146 valence electrons. The van der Waals surface area contributed by atoms with Crippen LogP contribution in [0.2, 0.25) is 0 Å². The van der Waals surface area contributed by atoms with Crippen LogP contribution in [0.25, 0.3) is 0 Å². The first-order chi connectivity index (χ1) is 13.0. The fourth-order valence-corrected chi connectivity index (χ4v) is 3.67. The Morgan fingerprint density at radius 1 is 1.07 bits per heavy atom. The Balaban J connectivity index is 0.00000225. The summed E-state index contributed by atoms with van der Waals surface area (Å²) in [6.45, 7) is 7.00. The maximum atomic E-state index is 13.8. The molecule has 1 aliphatic rings. The van der Waals surface area contributed by atoms with Gasteiger partial charge in [0.2, 0.25) is 5.95 Å². The van der Waals surface area contributed by atoms with Crippen LogP contribution in [-0.4, -0.2) is 16.5 Å². The highest BCUT2D eigenvalue weighted by Gasteiger charge is 2.27. The fraction of sp³-hybridized carbons (Fsp3) is 0.273. The third-order valence-corrected chi connectivity index (χ3v) is 5.31. The molecule has 1 unspecified atom stereocenters. The molecule has 0 saturated carbocycles. The van der Waals surface area contributed by atoms with Crippen molar-refractivity contribution in [1.29, 1.82) is 0 Å². The molecular weight excluding hydrogens is 375 g/mol. The van der Waals surface area contributed by atoms with Gasteiger partial charge in [-0.1, -0.05) is 24.3 Å². The summed E-state index contributed by atoms with van der Waals surface area (Å²) in [6, 6.07) is 15.1. The maximum Gasteiger partial charge on any atom is 0.229 e. The summed E-state index contributed by atoms with van der Waals surface area (Å²) in [6.07, 6.45) is 0.879. The number of hydrogen-bond acceptors (Lipinski definition) is 4. The second-order valence-electron chi connectivity index (χ2n) is 7.03. The molecule has 2 heterocycles. The molecule has 3 aromatic rings. The predicted molar refractivity (Wildman–Crippen MR) is 114 cm³/mol. The monoisotopic (exact) mass is 398 g/mol. The van der Waals surface area contributed by atoms with Gasteiger partial charge in [-0.25, -0.2) is 9.37 Å². The lowest BCUT2D eigenvalue weighted by Crippen LogP contribution is -2.35.